The second kappa shape index (κ2) is 10.3. The first-order chi connectivity index (χ1) is 10.2. The summed E-state index contributed by atoms with van der Waals surface area (Å²) in [6.07, 6.45) is 7.58. The lowest BCUT2D eigenvalue weighted by Crippen LogP contribution is -2.36. The van der Waals surface area contributed by atoms with Gasteiger partial charge in [-0.25, -0.2) is 4.98 Å². The monoisotopic (exact) mass is 312 g/mol. The van der Waals surface area contributed by atoms with Crippen LogP contribution in [0.25, 0.3) is 0 Å². The van der Waals surface area contributed by atoms with Gasteiger partial charge in [-0.1, -0.05) is 26.7 Å². The molecule has 1 atom stereocenters. The van der Waals surface area contributed by atoms with Gasteiger partial charge in [0.15, 0.2) is 0 Å². The Bertz CT molecular complexity index is 381. The lowest BCUT2D eigenvalue weighted by atomic mass is 9.76. The lowest BCUT2D eigenvalue weighted by Gasteiger charge is -2.33. The molecular formula is C17H32N2OS. The second-order valence-electron chi connectivity index (χ2n) is 5.99. The highest BCUT2D eigenvalue weighted by molar-refractivity contribution is 7.09. The summed E-state index contributed by atoms with van der Waals surface area (Å²) >= 11 is 1.81. The smallest absolute Gasteiger partial charge is 0.0797 e. The predicted octanol–water partition coefficient (Wildman–Crippen LogP) is 4.21. The number of hydrogen-bond acceptors (Lipinski definition) is 4. The van der Waals surface area contributed by atoms with E-state index in [4.69, 9.17) is 4.74 Å². The molecule has 1 N–H and O–H groups in total. The van der Waals surface area contributed by atoms with Crippen molar-refractivity contribution in [1.82, 2.24) is 10.3 Å². The van der Waals surface area contributed by atoms with Crippen LogP contribution in [0, 0.1) is 12.3 Å². The number of unbranched alkanes of at least 4 members (excludes halogenated alkanes) is 1. The van der Waals surface area contributed by atoms with Gasteiger partial charge in [0.2, 0.25) is 0 Å². The molecule has 0 aliphatic rings. The van der Waals surface area contributed by atoms with E-state index in [0.717, 1.165) is 19.7 Å². The van der Waals surface area contributed by atoms with E-state index >= 15 is 0 Å². The molecule has 0 bridgehead atoms. The molecule has 0 saturated carbocycles. The maximum absolute atomic E-state index is 5.14. The number of aromatic nitrogens is 1. The van der Waals surface area contributed by atoms with Gasteiger partial charge in [-0.3, -0.25) is 0 Å². The molecule has 1 heterocycles. The fourth-order valence-electron chi connectivity index (χ4n) is 2.80. The fraction of sp³-hybridized carbons (Fsp3) is 0.824. The van der Waals surface area contributed by atoms with Crippen LogP contribution in [0.15, 0.2) is 5.51 Å². The Hall–Kier alpha value is -0.450. The normalized spacial score (nSPS) is 14.3. The summed E-state index contributed by atoms with van der Waals surface area (Å²) < 4.78 is 5.14. The van der Waals surface area contributed by atoms with Crippen LogP contribution < -0.4 is 5.32 Å². The molecule has 21 heavy (non-hydrogen) atoms. The number of aryl methyl sites for hydroxylation is 2. The average Bonchev–Trinajstić information content (AvgIpc) is 2.91. The Morgan fingerprint density at radius 2 is 2.14 bits per heavy atom. The average molecular weight is 313 g/mol. The SMILES string of the molecule is CCCCC(CC)(CCc1scnc1C)CNCCOC. The third-order valence-electron chi connectivity index (χ3n) is 4.52. The van der Waals surface area contributed by atoms with Crippen LogP contribution in [-0.2, 0) is 11.2 Å². The molecule has 0 aromatic carbocycles. The predicted molar refractivity (Wildman–Crippen MR) is 92.2 cm³/mol. The molecule has 1 unspecified atom stereocenters. The van der Waals surface area contributed by atoms with E-state index in [9.17, 15) is 0 Å². The number of nitrogens with zero attached hydrogens (tertiary/aromatic N) is 1. The topological polar surface area (TPSA) is 34.2 Å². The zero-order chi connectivity index (χ0) is 15.6. The molecule has 1 rings (SSSR count). The Morgan fingerprint density at radius 1 is 1.33 bits per heavy atom. The van der Waals surface area contributed by atoms with Crippen LogP contribution in [0.3, 0.4) is 0 Å². The quantitative estimate of drug-likeness (QED) is 0.587. The summed E-state index contributed by atoms with van der Waals surface area (Å²) in [6.45, 7) is 9.60. The summed E-state index contributed by atoms with van der Waals surface area (Å²) in [7, 11) is 1.76. The van der Waals surface area contributed by atoms with Crippen LogP contribution in [0.1, 0.15) is 56.5 Å². The van der Waals surface area contributed by atoms with Crippen molar-refractivity contribution in [3.8, 4) is 0 Å². The van der Waals surface area contributed by atoms with E-state index in [1.54, 1.807) is 18.4 Å². The zero-order valence-corrected chi connectivity index (χ0v) is 15.0. The zero-order valence-electron chi connectivity index (χ0n) is 14.2. The van der Waals surface area contributed by atoms with Crippen molar-refractivity contribution in [1.29, 1.82) is 0 Å². The number of thiazole rings is 1. The minimum absolute atomic E-state index is 0.417. The van der Waals surface area contributed by atoms with E-state index in [1.165, 1.54) is 49.1 Å². The molecule has 0 spiro atoms. The van der Waals surface area contributed by atoms with Gasteiger partial charge in [0.1, 0.15) is 0 Å². The highest BCUT2D eigenvalue weighted by atomic mass is 32.1. The Balaban J connectivity index is 2.58. The summed E-state index contributed by atoms with van der Waals surface area (Å²) in [5, 5.41) is 3.59. The Morgan fingerprint density at radius 3 is 2.71 bits per heavy atom. The number of ether oxygens (including phenoxy) is 1. The van der Waals surface area contributed by atoms with E-state index in [-0.39, 0.29) is 0 Å². The summed E-state index contributed by atoms with van der Waals surface area (Å²) in [5.74, 6) is 0. The molecule has 4 heteroatoms. The number of nitrogens with one attached hydrogen (secondary N) is 1. The third-order valence-corrected chi connectivity index (χ3v) is 5.52. The number of hydrogen-bond donors (Lipinski definition) is 1. The Kier molecular flexibility index (Phi) is 9.13. The van der Waals surface area contributed by atoms with Crippen molar-refractivity contribution in [2.75, 3.05) is 26.8 Å². The molecular weight excluding hydrogens is 280 g/mol. The van der Waals surface area contributed by atoms with E-state index in [1.807, 2.05) is 5.51 Å². The molecule has 122 valence electrons. The van der Waals surface area contributed by atoms with Gasteiger partial charge in [0.25, 0.3) is 0 Å². The van der Waals surface area contributed by atoms with Crippen LogP contribution in [-0.4, -0.2) is 31.8 Å². The number of rotatable bonds is 12. The number of methoxy groups -OCH3 is 1. The molecule has 1 aromatic rings. The largest absolute Gasteiger partial charge is 0.383 e. The van der Waals surface area contributed by atoms with Gasteiger partial charge >= 0.3 is 0 Å². The first-order valence-corrected chi connectivity index (χ1v) is 9.14. The first kappa shape index (κ1) is 18.6. The second-order valence-corrected chi connectivity index (χ2v) is 6.93. The van der Waals surface area contributed by atoms with E-state index in [0.29, 0.717) is 5.41 Å². The van der Waals surface area contributed by atoms with Crippen molar-refractivity contribution in [2.45, 2.75) is 59.3 Å². The molecule has 0 aliphatic carbocycles. The van der Waals surface area contributed by atoms with Crippen LogP contribution in [0.5, 0.6) is 0 Å². The minimum Gasteiger partial charge on any atom is -0.383 e. The maximum Gasteiger partial charge on any atom is 0.0797 e. The van der Waals surface area contributed by atoms with Crippen molar-refractivity contribution in [3.63, 3.8) is 0 Å². The highest BCUT2D eigenvalue weighted by Gasteiger charge is 2.27. The molecule has 0 fully saturated rings. The lowest BCUT2D eigenvalue weighted by molar-refractivity contribution is 0.177. The van der Waals surface area contributed by atoms with Crippen molar-refractivity contribution >= 4 is 11.3 Å². The van der Waals surface area contributed by atoms with Crippen molar-refractivity contribution in [2.24, 2.45) is 5.41 Å². The van der Waals surface area contributed by atoms with Gasteiger partial charge in [-0.2, -0.15) is 0 Å². The molecule has 0 saturated heterocycles. The molecule has 0 aliphatic heterocycles. The van der Waals surface area contributed by atoms with E-state index < -0.39 is 0 Å². The molecule has 0 amide bonds. The standard InChI is InChI=1S/C17H32N2OS/c1-5-7-9-17(6-2,13-18-11-12-20-4)10-8-16-15(3)19-14-21-16/h14,18H,5-13H2,1-4H3. The van der Waals surface area contributed by atoms with Crippen LogP contribution >= 0.6 is 11.3 Å². The van der Waals surface area contributed by atoms with Gasteiger partial charge < -0.3 is 10.1 Å². The molecule has 0 radical (unpaired) electrons. The first-order valence-electron chi connectivity index (χ1n) is 8.26. The summed E-state index contributed by atoms with van der Waals surface area (Å²) in [6, 6.07) is 0. The van der Waals surface area contributed by atoms with Crippen LogP contribution in [0.2, 0.25) is 0 Å². The molecule has 3 nitrogen and oxygen atoms in total. The fourth-order valence-corrected chi connectivity index (χ4v) is 3.59. The highest BCUT2D eigenvalue weighted by Crippen LogP contribution is 2.34. The Labute approximate surface area is 134 Å². The van der Waals surface area contributed by atoms with Crippen LogP contribution in [0.4, 0.5) is 0 Å². The van der Waals surface area contributed by atoms with Gasteiger partial charge in [0.05, 0.1) is 17.8 Å². The minimum atomic E-state index is 0.417. The van der Waals surface area contributed by atoms with Crippen molar-refractivity contribution in [3.05, 3.63) is 16.1 Å². The molecule has 1 aromatic heterocycles. The van der Waals surface area contributed by atoms with E-state index in [2.05, 4.69) is 31.1 Å². The summed E-state index contributed by atoms with van der Waals surface area (Å²) in [4.78, 5) is 5.84. The van der Waals surface area contributed by atoms with Crippen molar-refractivity contribution < 1.29 is 4.74 Å². The van der Waals surface area contributed by atoms with Gasteiger partial charge in [0, 0.05) is 25.1 Å². The van der Waals surface area contributed by atoms with Gasteiger partial charge in [-0.15, -0.1) is 11.3 Å². The maximum atomic E-state index is 5.14. The van der Waals surface area contributed by atoms with Gasteiger partial charge in [-0.05, 0) is 38.0 Å². The summed E-state index contributed by atoms with van der Waals surface area (Å²) in [5.41, 5.74) is 3.61. The third kappa shape index (κ3) is 6.45.